The van der Waals surface area contributed by atoms with Gasteiger partial charge in [0.1, 0.15) is 11.6 Å². The van der Waals surface area contributed by atoms with Crippen LogP contribution in [0.5, 0.6) is 0 Å². The van der Waals surface area contributed by atoms with Crippen molar-refractivity contribution < 1.29 is 17.6 Å². The lowest BCUT2D eigenvalue weighted by Gasteiger charge is -2.09. The monoisotopic (exact) mass is 307 g/mol. The summed E-state index contributed by atoms with van der Waals surface area (Å²) < 4.78 is 37.1. The highest BCUT2D eigenvalue weighted by Gasteiger charge is 2.19. The Kier molecular flexibility index (Phi) is 4.37. The van der Waals surface area contributed by atoms with Crippen LogP contribution in [0, 0.1) is 12.7 Å². The zero-order chi connectivity index (χ0) is 15.5. The van der Waals surface area contributed by atoms with Gasteiger partial charge in [-0.1, -0.05) is 18.2 Å². The number of carbonyl (C=O) groups is 1. The van der Waals surface area contributed by atoms with Gasteiger partial charge in [0, 0.05) is 5.69 Å². The molecule has 6 heteroatoms. The second-order valence-corrected chi connectivity index (χ2v) is 6.57. The van der Waals surface area contributed by atoms with Crippen molar-refractivity contribution in [3.8, 4) is 0 Å². The molecule has 4 nitrogen and oxygen atoms in total. The van der Waals surface area contributed by atoms with E-state index in [1.165, 1.54) is 30.3 Å². The molecule has 0 aliphatic rings. The molecule has 21 heavy (non-hydrogen) atoms. The van der Waals surface area contributed by atoms with Crippen LogP contribution in [0.1, 0.15) is 5.56 Å². The summed E-state index contributed by atoms with van der Waals surface area (Å²) in [6.07, 6.45) is 0. The average molecular weight is 307 g/mol. The van der Waals surface area contributed by atoms with Crippen molar-refractivity contribution in [1.82, 2.24) is 0 Å². The summed E-state index contributed by atoms with van der Waals surface area (Å²) in [5.41, 5.74) is 0.921. The minimum absolute atomic E-state index is 0.0935. The van der Waals surface area contributed by atoms with Gasteiger partial charge in [0.05, 0.1) is 4.90 Å². The molecule has 0 radical (unpaired) electrons. The van der Waals surface area contributed by atoms with Crippen molar-refractivity contribution in [2.24, 2.45) is 0 Å². The maximum absolute atomic E-state index is 13.0. The molecule has 2 aromatic carbocycles. The molecule has 0 saturated heterocycles. The van der Waals surface area contributed by atoms with E-state index in [0.29, 0.717) is 11.3 Å². The Morgan fingerprint density at radius 3 is 2.43 bits per heavy atom. The number of hydrogen-bond acceptors (Lipinski definition) is 3. The lowest BCUT2D eigenvalue weighted by molar-refractivity contribution is -0.113. The third-order valence-electron chi connectivity index (χ3n) is 2.89. The fraction of sp³-hybridized carbons (Fsp3) is 0.133. The highest BCUT2D eigenvalue weighted by atomic mass is 32.2. The van der Waals surface area contributed by atoms with Crippen LogP contribution in [0.2, 0.25) is 0 Å². The fourth-order valence-corrected chi connectivity index (χ4v) is 2.99. The molecule has 0 unspecified atom stereocenters. The Bertz CT molecular complexity index is 758. The normalized spacial score (nSPS) is 11.1. The number of sulfone groups is 1. The van der Waals surface area contributed by atoms with Crippen molar-refractivity contribution >= 4 is 21.4 Å². The molecule has 0 aliphatic heterocycles. The van der Waals surface area contributed by atoms with Crippen LogP contribution in [-0.4, -0.2) is 20.1 Å². The second-order valence-electron chi connectivity index (χ2n) is 4.58. The van der Waals surface area contributed by atoms with Crippen molar-refractivity contribution in [3.63, 3.8) is 0 Å². The molecular weight excluding hydrogens is 293 g/mol. The van der Waals surface area contributed by atoms with E-state index in [4.69, 9.17) is 0 Å². The van der Waals surface area contributed by atoms with E-state index < -0.39 is 27.3 Å². The van der Waals surface area contributed by atoms with Gasteiger partial charge in [0.25, 0.3) is 0 Å². The van der Waals surface area contributed by atoms with E-state index in [1.807, 2.05) is 0 Å². The van der Waals surface area contributed by atoms with Gasteiger partial charge in [0.2, 0.25) is 5.91 Å². The van der Waals surface area contributed by atoms with Crippen molar-refractivity contribution in [3.05, 3.63) is 59.9 Å². The smallest absolute Gasteiger partial charge is 0.239 e. The molecule has 0 heterocycles. The molecule has 2 rings (SSSR count). The van der Waals surface area contributed by atoms with Crippen LogP contribution in [0.15, 0.2) is 53.4 Å². The van der Waals surface area contributed by atoms with Gasteiger partial charge in [-0.3, -0.25) is 4.79 Å². The lowest BCUT2D eigenvalue weighted by Crippen LogP contribution is -2.23. The van der Waals surface area contributed by atoms with Crippen LogP contribution in [0.25, 0.3) is 0 Å². The Hall–Kier alpha value is -2.21. The van der Waals surface area contributed by atoms with E-state index in [1.54, 1.807) is 25.1 Å². The van der Waals surface area contributed by atoms with Crippen molar-refractivity contribution in [2.45, 2.75) is 11.8 Å². The number of hydrogen-bond donors (Lipinski definition) is 1. The number of rotatable bonds is 4. The molecule has 0 spiro atoms. The van der Waals surface area contributed by atoms with Gasteiger partial charge >= 0.3 is 0 Å². The minimum atomic E-state index is -3.69. The van der Waals surface area contributed by atoms with Gasteiger partial charge in [-0.15, -0.1) is 0 Å². The number of nitrogens with one attached hydrogen (secondary N) is 1. The van der Waals surface area contributed by atoms with Gasteiger partial charge in [0.15, 0.2) is 9.84 Å². The number of carbonyl (C=O) groups excluding carboxylic acids is 1. The zero-order valence-electron chi connectivity index (χ0n) is 11.3. The van der Waals surface area contributed by atoms with Crippen LogP contribution in [0.3, 0.4) is 0 Å². The standard InChI is InChI=1S/C15H14FNO3S/c1-11-9-12(16)7-8-14(11)17-15(18)10-21(19,20)13-5-3-2-4-6-13/h2-9H,10H2,1H3,(H,17,18). The Morgan fingerprint density at radius 2 is 1.81 bits per heavy atom. The predicted molar refractivity (Wildman–Crippen MR) is 78.3 cm³/mol. The molecule has 1 amide bonds. The summed E-state index contributed by atoms with van der Waals surface area (Å²) >= 11 is 0. The van der Waals surface area contributed by atoms with E-state index >= 15 is 0 Å². The van der Waals surface area contributed by atoms with E-state index in [0.717, 1.165) is 0 Å². The van der Waals surface area contributed by atoms with Crippen LogP contribution < -0.4 is 5.32 Å². The van der Waals surface area contributed by atoms with Crippen molar-refractivity contribution in [1.29, 1.82) is 0 Å². The van der Waals surface area contributed by atoms with Gasteiger partial charge < -0.3 is 5.32 Å². The highest BCUT2D eigenvalue weighted by Crippen LogP contribution is 2.16. The fourth-order valence-electron chi connectivity index (χ4n) is 1.84. The summed E-state index contributed by atoms with van der Waals surface area (Å²) in [7, 11) is -3.69. The van der Waals surface area contributed by atoms with Gasteiger partial charge in [-0.2, -0.15) is 0 Å². The summed E-state index contributed by atoms with van der Waals surface area (Å²) in [4.78, 5) is 11.9. The maximum Gasteiger partial charge on any atom is 0.239 e. The molecular formula is C15H14FNO3S. The topological polar surface area (TPSA) is 63.2 Å². The first-order chi connectivity index (χ1) is 9.88. The summed E-state index contributed by atoms with van der Waals surface area (Å²) in [5, 5.41) is 2.48. The first kappa shape index (κ1) is 15.2. The summed E-state index contributed by atoms with van der Waals surface area (Å²) in [6, 6.07) is 11.6. The molecule has 2 aromatic rings. The zero-order valence-corrected chi connectivity index (χ0v) is 12.2. The third kappa shape index (κ3) is 3.88. The summed E-state index contributed by atoms with van der Waals surface area (Å²) in [5.74, 6) is -1.73. The number of benzene rings is 2. The van der Waals surface area contributed by atoms with Crippen LogP contribution in [-0.2, 0) is 14.6 Å². The maximum atomic E-state index is 13.0. The molecule has 110 valence electrons. The number of anilines is 1. The Morgan fingerprint density at radius 1 is 1.14 bits per heavy atom. The Balaban J connectivity index is 2.12. The summed E-state index contributed by atoms with van der Waals surface area (Å²) in [6.45, 7) is 1.63. The largest absolute Gasteiger partial charge is 0.325 e. The van der Waals surface area contributed by atoms with Crippen LogP contribution >= 0.6 is 0 Å². The molecule has 0 atom stereocenters. The molecule has 0 bridgehead atoms. The van der Waals surface area contributed by atoms with Gasteiger partial charge in [-0.05, 0) is 42.8 Å². The quantitative estimate of drug-likeness (QED) is 0.944. The average Bonchev–Trinajstić information content (AvgIpc) is 2.42. The second kappa shape index (κ2) is 6.05. The Labute approximate surface area is 122 Å². The number of aryl methyl sites for hydroxylation is 1. The first-order valence-corrected chi connectivity index (χ1v) is 7.87. The van der Waals surface area contributed by atoms with E-state index in [9.17, 15) is 17.6 Å². The first-order valence-electron chi connectivity index (χ1n) is 6.22. The molecule has 0 saturated carbocycles. The molecule has 0 fully saturated rings. The van der Waals surface area contributed by atoms with E-state index in [-0.39, 0.29) is 4.90 Å². The predicted octanol–water partition coefficient (Wildman–Crippen LogP) is 2.55. The minimum Gasteiger partial charge on any atom is -0.325 e. The molecule has 0 aromatic heterocycles. The third-order valence-corrected chi connectivity index (χ3v) is 4.52. The molecule has 0 aliphatic carbocycles. The van der Waals surface area contributed by atoms with E-state index in [2.05, 4.69) is 5.32 Å². The van der Waals surface area contributed by atoms with Gasteiger partial charge in [-0.25, -0.2) is 12.8 Å². The highest BCUT2D eigenvalue weighted by molar-refractivity contribution is 7.92. The van der Waals surface area contributed by atoms with Crippen LogP contribution in [0.4, 0.5) is 10.1 Å². The lowest BCUT2D eigenvalue weighted by atomic mass is 10.2. The number of halogens is 1. The van der Waals surface area contributed by atoms with Crippen molar-refractivity contribution in [2.75, 3.05) is 11.1 Å². The SMILES string of the molecule is Cc1cc(F)ccc1NC(=O)CS(=O)(=O)c1ccccc1. The molecule has 1 N–H and O–H groups in total. The number of amides is 1.